The molecule has 204 valence electrons. The molecule has 1 saturated heterocycles. The summed E-state index contributed by atoms with van der Waals surface area (Å²) in [7, 11) is 0. The number of unbranched alkanes of at least 4 members (excludes halogenated alkanes) is 1. The summed E-state index contributed by atoms with van der Waals surface area (Å²) in [4.78, 5) is 13.6. The summed E-state index contributed by atoms with van der Waals surface area (Å²) in [6.45, 7) is 2.66. The molecule has 1 fully saturated rings. The second kappa shape index (κ2) is 21.1. The molecule has 0 aliphatic carbocycles. The second-order valence-electron chi connectivity index (χ2n) is 8.97. The third-order valence-electron chi connectivity index (χ3n) is 5.98. The van der Waals surface area contributed by atoms with Crippen LogP contribution in [0.25, 0.3) is 0 Å². The Balaban J connectivity index is 2.03. The van der Waals surface area contributed by atoms with E-state index in [1.807, 2.05) is 0 Å². The third kappa shape index (κ3) is 14.5. The van der Waals surface area contributed by atoms with Gasteiger partial charge in [-0.05, 0) is 51.4 Å². The van der Waals surface area contributed by atoms with E-state index in [0.29, 0.717) is 19.4 Å². The zero-order chi connectivity index (χ0) is 26.4. The quantitative estimate of drug-likeness (QED) is 0.128. The van der Waals surface area contributed by atoms with Crippen LogP contribution in [0.2, 0.25) is 0 Å². The van der Waals surface area contributed by atoms with E-state index in [4.69, 9.17) is 4.74 Å². The van der Waals surface area contributed by atoms with Crippen LogP contribution in [0.4, 0.5) is 0 Å². The topological polar surface area (TPSA) is 110 Å². The molecule has 0 unspecified atom stereocenters. The summed E-state index contributed by atoms with van der Waals surface area (Å²) in [5.74, 6) is -0.241. The lowest BCUT2D eigenvalue weighted by atomic mass is 9.94. The first kappa shape index (κ1) is 32.0. The molecule has 1 rings (SSSR count). The zero-order valence-corrected chi connectivity index (χ0v) is 21.8. The van der Waals surface area contributed by atoms with E-state index in [1.54, 1.807) is 4.90 Å². The van der Waals surface area contributed by atoms with Gasteiger partial charge in [0.2, 0.25) is 0 Å². The average molecular weight is 506 g/mol. The fourth-order valence-corrected chi connectivity index (χ4v) is 3.89. The molecule has 0 aromatic carbocycles. The number of likely N-dealkylation sites (tertiary alicyclic amines) is 1. The SMILES string of the molecule is CCC=CCC=CCC=CCC=CCC=CCCCC(=O)OCCCN1C[C@H](O)[C@@H](O)[C@H](O)[C@H]1CO. The number of ether oxygens (including phenoxy) is 1. The molecule has 7 heteroatoms. The first-order valence-electron chi connectivity index (χ1n) is 13.3. The van der Waals surface area contributed by atoms with E-state index in [1.165, 1.54) is 0 Å². The van der Waals surface area contributed by atoms with E-state index < -0.39 is 24.4 Å². The van der Waals surface area contributed by atoms with Crippen molar-refractivity contribution in [2.24, 2.45) is 0 Å². The monoisotopic (exact) mass is 505 g/mol. The van der Waals surface area contributed by atoms with Gasteiger partial charge in [0, 0.05) is 19.5 Å². The number of β-amino-alcohol motifs (C(OH)–C–C–N with tert-alkyl or cyclic N) is 1. The number of rotatable bonds is 18. The van der Waals surface area contributed by atoms with Crippen molar-refractivity contribution in [3.63, 3.8) is 0 Å². The van der Waals surface area contributed by atoms with Gasteiger partial charge < -0.3 is 25.2 Å². The molecule has 0 saturated carbocycles. The van der Waals surface area contributed by atoms with Crippen molar-refractivity contribution in [2.75, 3.05) is 26.3 Å². The van der Waals surface area contributed by atoms with Crippen LogP contribution in [-0.2, 0) is 9.53 Å². The second-order valence-corrected chi connectivity index (χ2v) is 8.97. The maximum Gasteiger partial charge on any atom is 0.305 e. The predicted molar refractivity (Wildman–Crippen MR) is 144 cm³/mol. The van der Waals surface area contributed by atoms with E-state index in [2.05, 4.69) is 67.7 Å². The Labute approximate surface area is 217 Å². The molecule has 0 spiro atoms. The minimum absolute atomic E-state index is 0.157. The van der Waals surface area contributed by atoms with Gasteiger partial charge in [0.15, 0.2) is 0 Å². The normalized spacial score (nSPS) is 23.8. The van der Waals surface area contributed by atoms with Gasteiger partial charge in [0.1, 0.15) is 12.2 Å². The molecule has 7 nitrogen and oxygen atoms in total. The van der Waals surface area contributed by atoms with E-state index in [9.17, 15) is 25.2 Å². The number of allylic oxidation sites excluding steroid dienone is 10. The summed E-state index contributed by atoms with van der Waals surface area (Å²) < 4.78 is 5.25. The first-order valence-corrected chi connectivity index (χ1v) is 13.3. The molecule has 0 radical (unpaired) electrons. The summed E-state index contributed by atoms with van der Waals surface area (Å²) >= 11 is 0. The molecule has 0 aromatic heterocycles. The van der Waals surface area contributed by atoms with E-state index in [0.717, 1.165) is 44.9 Å². The van der Waals surface area contributed by atoms with Crippen LogP contribution in [0.15, 0.2) is 60.8 Å². The Bertz CT molecular complexity index is 715. The minimum Gasteiger partial charge on any atom is -0.466 e. The van der Waals surface area contributed by atoms with Crippen LogP contribution in [0, 0.1) is 0 Å². The number of piperidine rings is 1. The van der Waals surface area contributed by atoms with Crippen LogP contribution < -0.4 is 0 Å². The number of hydrogen-bond acceptors (Lipinski definition) is 7. The van der Waals surface area contributed by atoms with Gasteiger partial charge >= 0.3 is 5.97 Å². The molecule has 0 amide bonds. The van der Waals surface area contributed by atoms with Gasteiger partial charge in [-0.3, -0.25) is 9.69 Å². The maximum absolute atomic E-state index is 11.9. The minimum atomic E-state index is -1.26. The lowest BCUT2D eigenvalue weighted by Gasteiger charge is -2.43. The van der Waals surface area contributed by atoms with Crippen molar-refractivity contribution >= 4 is 5.97 Å². The highest BCUT2D eigenvalue weighted by atomic mass is 16.5. The van der Waals surface area contributed by atoms with Gasteiger partial charge in [-0.1, -0.05) is 67.7 Å². The lowest BCUT2D eigenvalue weighted by molar-refractivity contribution is -0.149. The van der Waals surface area contributed by atoms with Crippen molar-refractivity contribution in [1.29, 1.82) is 0 Å². The number of aliphatic hydroxyl groups excluding tert-OH is 4. The molecule has 36 heavy (non-hydrogen) atoms. The fourth-order valence-electron chi connectivity index (χ4n) is 3.89. The van der Waals surface area contributed by atoms with E-state index in [-0.39, 0.29) is 25.7 Å². The summed E-state index contributed by atoms with van der Waals surface area (Å²) in [5.41, 5.74) is 0. The predicted octanol–water partition coefficient (Wildman–Crippen LogP) is 3.60. The Morgan fingerprint density at radius 3 is 1.94 bits per heavy atom. The van der Waals surface area contributed by atoms with Crippen molar-refractivity contribution in [3.8, 4) is 0 Å². The average Bonchev–Trinajstić information content (AvgIpc) is 2.87. The number of aliphatic hydroxyl groups is 4. The highest BCUT2D eigenvalue weighted by Gasteiger charge is 2.40. The number of nitrogens with zero attached hydrogens (tertiary/aromatic N) is 1. The smallest absolute Gasteiger partial charge is 0.305 e. The first-order chi connectivity index (χ1) is 17.5. The van der Waals surface area contributed by atoms with Crippen molar-refractivity contribution in [1.82, 2.24) is 4.90 Å². The van der Waals surface area contributed by atoms with Crippen molar-refractivity contribution < 1.29 is 30.0 Å². The van der Waals surface area contributed by atoms with Gasteiger partial charge in [-0.25, -0.2) is 0 Å². The van der Waals surface area contributed by atoms with E-state index >= 15 is 0 Å². The van der Waals surface area contributed by atoms with Crippen LogP contribution in [0.1, 0.15) is 64.7 Å². The Morgan fingerprint density at radius 1 is 0.833 bits per heavy atom. The van der Waals surface area contributed by atoms with Crippen molar-refractivity contribution in [3.05, 3.63) is 60.8 Å². The molecular weight excluding hydrogens is 458 g/mol. The molecule has 1 heterocycles. The molecular formula is C29H47NO6. The van der Waals surface area contributed by atoms with Gasteiger partial charge in [-0.15, -0.1) is 0 Å². The highest BCUT2D eigenvalue weighted by Crippen LogP contribution is 2.19. The number of hydrogen-bond donors (Lipinski definition) is 4. The van der Waals surface area contributed by atoms with Crippen LogP contribution >= 0.6 is 0 Å². The molecule has 1 aliphatic heterocycles. The summed E-state index contributed by atoms with van der Waals surface area (Å²) in [6.07, 6.45) is 25.4. The van der Waals surface area contributed by atoms with Crippen LogP contribution in [0.5, 0.6) is 0 Å². The number of esters is 1. The lowest BCUT2D eigenvalue weighted by Crippen LogP contribution is -2.62. The van der Waals surface area contributed by atoms with Gasteiger partial charge in [-0.2, -0.15) is 0 Å². The molecule has 0 aromatic rings. The van der Waals surface area contributed by atoms with Crippen molar-refractivity contribution in [2.45, 2.75) is 89.1 Å². The maximum atomic E-state index is 11.9. The van der Waals surface area contributed by atoms with Crippen LogP contribution in [-0.4, -0.2) is 82.0 Å². The highest BCUT2D eigenvalue weighted by molar-refractivity contribution is 5.69. The standard InChI is InChI=1S/C29H47NO6/c1-2-3-4-5-6-7-8-9-10-11-12-13-14-15-16-17-18-20-27(33)36-22-19-21-30-23-26(32)29(35)28(34)25(30)24-31/h3-4,6-7,9-10,12-13,15-16,25-26,28-29,31-32,34-35H,2,5,8,11,14,17-24H2,1H3/t25-,26+,28-,29-/m1/s1. The number of carbonyl (C=O) groups is 1. The Hall–Kier alpha value is -2.03. The van der Waals surface area contributed by atoms with Gasteiger partial charge in [0.25, 0.3) is 0 Å². The third-order valence-corrected chi connectivity index (χ3v) is 5.98. The fraction of sp³-hybridized carbons (Fsp3) is 0.621. The molecule has 0 bridgehead atoms. The Kier molecular flexibility index (Phi) is 18.7. The molecule has 1 aliphatic rings. The zero-order valence-electron chi connectivity index (χ0n) is 21.8. The summed E-state index contributed by atoms with van der Waals surface area (Å²) in [6, 6.07) is -0.637. The van der Waals surface area contributed by atoms with Gasteiger partial charge in [0.05, 0.1) is 25.4 Å². The number of carbonyl (C=O) groups excluding carboxylic acids is 1. The largest absolute Gasteiger partial charge is 0.466 e. The molecule has 4 N–H and O–H groups in total. The Morgan fingerprint density at radius 2 is 1.39 bits per heavy atom. The van der Waals surface area contributed by atoms with Crippen LogP contribution in [0.3, 0.4) is 0 Å². The summed E-state index contributed by atoms with van der Waals surface area (Å²) in [5, 5.41) is 39.0. The molecule has 4 atom stereocenters.